The maximum atomic E-state index is 13.7. The summed E-state index contributed by atoms with van der Waals surface area (Å²) in [5.41, 5.74) is 1.04. The van der Waals surface area contributed by atoms with Crippen LogP contribution in [-0.2, 0) is 11.3 Å². The Morgan fingerprint density at radius 3 is 2.45 bits per heavy atom. The fourth-order valence-corrected chi connectivity index (χ4v) is 5.49. The van der Waals surface area contributed by atoms with Gasteiger partial charge in [0.2, 0.25) is 0 Å². The standard InChI is InChI=1S/C23H33FN6O/c24-19-10-8-18(9-11-19)22(23-25-26-27-30(23)17-21-7-4-16-31-21)29-14-12-28(13-15-29)20-5-2-1-3-6-20/h8-11,20-22H,1-7,12-17H2/t21-,22-/m0/s1. The molecule has 168 valence electrons. The van der Waals surface area contributed by atoms with Gasteiger partial charge in [0.25, 0.3) is 0 Å². The van der Waals surface area contributed by atoms with E-state index >= 15 is 0 Å². The van der Waals surface area contributed by atoms with Crippen LogP contribution in [0.1, 0.15) is 62.4 Å². The Morgan fingerprint density at radius 2 is 1.74 bits per heavy atom. The number of hydrogen-bond donors (Lipinski definition) is 0. The van der Waals surface area contributed by atoms with Crippen molar-refractivity contribution in [1.29, 1.82) is 0 Å². The molecule has 0 radical (unpaired) electrons. The summed E-state index contributed by atoms with van der Waals surface area (Å²) < 4.78 is 21.4. The van der Waals surface area contributed by atoms with Gasteiger partial charge >= 0.3 is 0 Å². The lowest BCUT2D eigenvalue weighted by molar-refractivity contribution is 0.0595. The monoisotopic (exact) mass is 428 g/mol. The van der Waals surface area contributed by atoms with Gasteiger partial charge < -0.3 is 4.74 Å². The van der Waals surface area contributed by atoms with Crippen molar-refractivity contribution in [3.8, 4) is 0 Å². The molecule has 3 fully saturated rings. The molecule has 0 spiro atoms. The van der Waals surface area contributed by atoms with Gasteiger partial charge in [0, 0.05) is 38.8 Å². The molecule has 3 aliphatic rings. The van der Waals surface area contributed by atoms with Crippen molar-refractivity contribution in [2.75, 3.05) is 32.8 Å². The first kappa shape index (κ1) is 21.0. The second-order valence-corrected chi connectivity index (χ2v) is 9.17. The minimum atomic E-state index is -0.219. The second-order valence-electron chi connectivity index (χ2n) is 9.17. The van der Waals surface area contributed by atoms with E-state index in [0.29, 0.717) is 6.54 Å². The van der Waals surface area contributed by atoms with Crippen LogP contribution in [0.4, 0.5) is 4.39 Å². The van der Waals surface area contributed by atoms with Crippen LogP contribution >= 0.6 is 0 Å². The summed E-state index contributed by atoms with van der Waals surface area (Å²) in [5.74, 6) is 0.608. The van der Waals surface area contributed by atoms with Gasteiger partial charge in [0.15, 0.2) is 5.82 Å². The van der Waals surface area contributed by atoms with E-state index in [2.05, 4.69) is 25.3 Å². The number of rotatable bonds is 6. The van der Waals surface area contributed by atoms with E-state index in [9.17, 15) is 4.39 Å². The Balaban J connectivity index is 1.36. The Morgan fingerprint density at radius 1 is 0.968 bits per heavy atom. The second kappa shape index (κ2) is 9.71. The van der Waals surface area contributed by atoms with Gasteiger partial charge in [-0.1, -0.05) is 31.4 Å². The van der Waals surface area contributed by atoms with E-state index in [-0.39, 0.29) is 18.0 Å². The molecule has 31 heavy (non-hydrogen) atoms. The highest BCUT2D eigenvalue weighted by atomic mass is 19.1. The highest BCUT2D eigenvalue weighted by molar-refractivity contribution is 5.25. The van der Waals surface area contributed by atoms with E-state index in [4.69, 9.17) is 4.74 Å². The smallest absolute Gasteiger partial charge is 0.173 e. The topological polar surface area (TPSA) is 59.3 Å². The van der Waals surface area contributed by atoms with Crippen LogP contribution in [0.3, 0.4) is 0 Å². The molecular formula is C23H33FN6O. The molecule has 1 saturated carbocycles. The van der Waals surface area contributed by atoms with Gasteiger partial charge in [-0.3, -0.25) is 9.80 Å². The lowest BCUT2D eigenvalue weighted by atomic mass is 9.93. The Kier molecular flexibility index (Phi) is 6.57. The fraction of sp³-hybridized carbons (Fsp3) is 0.696. The molecule has 2 atom stereocenters. The molecule has 0 bridgehead atoms. The minimum Gasteiger partial charge on any atom is -0.376 e. The molecule has 2 saturated heterocycles. The van der Waals surface area contributed by atoms with Crippen LogP contribution < -0.4 is 0 Å². The molecule has 0 unspecified atom stereocenters. The van der Waals surface area contributed by atoms with E-state index in [1.165, 1.54) is 44.2 Å². The molecule has 1 aromatic heterocycles. The van der Waals surface area contributed by atoms with Crippen molar-refractivity contribution >= 4 is 0 Å². The van der Waals surface area contributed by atoms with Crippen LogP contribution in [0, 0.1) is 5.82 Å². The van der Waals surface area contributed by atoms with Gasteiger partial charge in [0.1, 0.15) is 5.82 Å². The maximum absolute atomic E-state index is 13.7. The summed E-state index contributed by atoms with van der Waals surface area (Å²) in [6.45, 7) is 5.54. The van der Waals surface area contributed by atoms with Gasteiger partial charge in [-0.25, -0.2) is 9.07 Å². The number of benzene rings is 1. The summed E-state index contributed by atoms with van der Waals surface area (Å²) in [6, 6.07) is 7.48. The molecule has 1 aliphatic carbocycles. The Hall–Kier alpha value is -1.90. The van der Waals surface area contributed by atoms with Gasteiger partial charge in [-0.05, 0) is 53.8 Å². The molecule has 5 rings (SSSR count). The predicted molar refractivity (Wildman–Crippen MR) is 115 cm³/mol. The lowest BCUT2D eigenvalue weighted by Crippen LogP contribution is -2.52. The van der Waals surface area contributed by atoms with Crippen LogP contribution in [0.2, 0.25) is 0 Å². The summed E-state index contributed by atoms with van der Waals surface area (Å²) in [6.07, 6.45) is 9.08. The molecule has 1 aromatic carbocycles. The predicted octanol–water partition coefficient (Wildman–Crippen LogP) is 3.03. The maximum Gasteiger partial charge on any atom is 0.173 e. The van der Waals surface area contributed by atoms with Crippen molar-refractivity contribution in [1.82, 2.24) is 30.0 Å². The number of ether oxygens (including phenoxy) is 1. The van der Waals surface area contributed by atoms with Crippen LogP contribution in [0.25, 0.3) is 0 Å². The first-order chi connectivity index (χ1) is 15.3. The lowest BCUT2D eigenvalue weighted by Gasteiger charge is -2.43. The largest absolute Gasteiger partial charge is 0.376 e. The highest BCUT2D eigenvalue weighted by Crippen LogP contribution is 2.30. The summed E-state index contributed by atoms with van der Waals surface area (Å²) in [7, 11) is 0. The molecule has 2 aromatic rings. The van der Waals surface area contributed by atoms with Crippen LogP contribution in [-0.4, -0.2) is 74.9 Å². The molecule has 8 heteroatoms. The Labute approximate surface area is 183 Å². The quantitative estimate of drug-likeness (QED) is 0.705. The fourth-order valence-electron chi connectivity index (χ4n) is 5.49. The van der Waals surface area contributed by atoms with Gasteiger partial charge in [0.05, 0.1) is 18.7 Å². The number of piperazine rings is 1. The molecule has 0 N–H and O–H groups in total. The highest BCUT2D eigenvalue weighted by Gasteiger charge is 2.33. The van der Waals surface area contributed by atoms with Crippen molar-refractivity contribution < 1.29 is 9.13 Å². The van der Waals surface area contributed by atoms with Crippen molar-refractivity contribution in [2.24, 2.45) is 0 Å². The average Bonchev–Trinajstić information content (AvgIpc) is 3.49. The van der Waals surface area contributed by atoms with Crippen LogP contribution in [0.15, 0.2) is 24.3 Å². The SMILES string of the molecule is Fc1ccc([C@@H](c2nnnn2C[C@@H]2CCCO2)N2CCN(C3CCCCC3)CC2)cc1. The van der Waals surface area contributed by atoms with Crippen molar-refractivity contribution in [3.05, 3.63) is 41.5 Å². The van der Waals surface area contributed by atoms with Crippen LogP contribution in [0.5, 0.6) is 0 Å². The van der Waals surface area contributed by atoms with Gasteiger partial charge in [-0.2, -0.15) is 0 Å². The molecule has 2 aliphatic heterocycles. The van der Waals surface area contributed by atoms with E-state index in [0.717, 1.165) is 63.1 Å². The van der Waals surface area contributed by atoms with Gasteiger partial charge in [-0.15, -0.1) is 5.10 Å². The summed E-state index contributed by atoms with van der Waals surface area (Å²) >= 11 is 0. The minimum absolute atomic E-state index is 0.0782. The van der Waals surface area contributed by atoms with E-state index in [1.807, 2.05) is 16.8 Å². The van der Waals surface area contributed by atoms with Crippen molar-refractivity contribution in [3.63, 3.8) is 0 Å². The number of tetrazole rings is 1. The Bertz CT molecular complexity index is 823. The van der Waals surface area contributed by atoms with Crippen molar-refractivity contribution in [2.45, 2.75) is 69.7 Å². The molecule has 3 heterocycles. The third kappa shape index (κ3) is 4.81. The average molecular weight is 429 g/mol. The van der Waals surface area contributed by atoms with E-state index in [1.54, 1.807) is 0 Å². The normalized spacial score (nSPS) is 25.1. The molecule has 0 amide bonds. The number of aromatic nitrogens is 4. The first-order valence-electron chi connectivity index (χ1n) is 11.9. The zero-order chi connectivity index (χ0) is 21.0. The summed E-state index contributed by atoms with van der Waals surface area (Å²) in [4.78, 5) is 5.14. The number of nitrogens with zero attached hydrogens (tertiary/aromatic N) is 6. The molecule has 7 nitrogen and oxygen atoms in total. The zero-order valence-corrected chi connectivity index (χ0v) is 18.2. The first-order valence-corrected chi connectivity index (χ1v) is 11.9. The zero-order valence-electron chi connectivity index (χ0n) is 18.2. The number of hydrogen-bond acceptors (Lipinski definition) is 6. The van der Waals surface area contributed by atoms with E-state index < -0.39 is 0 Å². The third-order valence-electron chi connectivity index (χ3n) is 7.20. The molecular weight excluding hydrogens is 395 g/mol. The summed E-state index contributed by atoms with van der Waals surface area (Å²) in [5, 5.41) is 12.7. The number of halogens is 1. The third-order valence-corrected chi connectivity index (χ3v) is 7.20.